The topological polar surface area (TPSA) is 24.5 Å². The molecule has 2 unspecified atom stereocenters. The number of hydrogen-bond acceptors (Lipinski definition) is 3. The molecule has 3 heteroatoms. The normalized spacial score (nSPS) is 21.5. The van der Waals surface area contributed by atoms with Gasteiger partial charge in [0.2, 0.25) is 0 Å². The number of nitrogens with zero attached hydrogens (tertiary/aromatic N) is 1. The molecule has 2 atom stereocenters. The van der Waals surface area contributed by atoms with Crippen molar-refractivity contribution in [2.75, 3.05) is 33.4 Å². The van der Waals surface area contributed by atoms with Crippen molar-refractivity contribution in [2.24, 2.45) is 0 Å². The summed E-state index contributed by atoms with van der Waals surface area (Å²) in [6, 6.07) is 0.589. The highest BCUT2D eigenvalue weighted by Crippen LogP contribution is 2.30. The quantitative estimate of drug-likeness (QED) is 0.618. The summed E-state index contributed by atoms with van der Waals surface area (Å²) in [5, 5.41) is 3.80. The monoisotopic (exact) mass is 270 g/mol. The minimum atomic E-state index is 0.305. The van der Waals surface area contributed by atoms with Crippen molar-refractivity contribution in [2.45, 2.75) is 70.9 Å². The van der Waals surface area contributed by atoms with E-state index in [9.17, 15) is 0 Å². The van der Waals surface area contributed by atoms with Gasteiger partial charge in [-0.15, -0.1) is 0 Å². The van der Waals surface area contributed by atoms with E-state index in [-0.39, 0.29) is 0 Å². The van der Waals surface area contributed by atoms with Crippen LogP contribution < -0.4 is 5.32 Å². The molecule has 1 heterocycles. The maximum Gasteiger partial charge on any atom is 0.0462 e. The van der Waals surface area contributed by atoms with Gasteiger partial charge in [0.05, 0.1) is 0 Å². The van der Waals surface area contributed by atoms with Gasteiger partial charge in [0.25, 0.3) is 0 Å². The lowest BCUT2D eigenvalue weighted by molar-refractivity contribution is 0.0747. The first-order valence-corrected chi connectivity index (χ1v) is 8.16. The van der Waals surface area contributed by atoms with Crippen molar-refractivity contribution in [1.29, 1.82) is 0 Å². The molecule has 1 aliphatic heterocycles. The lowest BCUT2D eigenvalue weighted by Crippen LogP contribution is -2.58. The fraction of sp³-hybridized carbons (Fsp3) is 1.00. The zero-order valence-corrected chi connectivity index (χ0v) is 13.5. The van der Waals surface area contributed by atoms with Crippen molar-refractivity contribution in [1.82, 2.24) is 10.2 Å². The molecule has 1 saturated heterocycles. The van der Waals surface area contributed by atoms with Crippen LogP contribution in [0.3, 0.4) is 0 Å². The summed E-state index contributed by atoms with van der Waals surface area (Å²) in [7, 11) is 1.80. The number of methoxy groups -OCH3 is 1. The van der Waals surface area contributed by atoms with Crippen LogP contribution in [-0.2, 0) is 4.74 Å². The Morgan fingerprint density at radius 3 is 2.47 bits per heavy atom. The van der Waals surface area contributed by atoms with Gasteiger partial charge in [-0.3, -0.25) is 4.90 Å². The van der Waals surface area contributed by atoms with E-state index in [4.69, 9.17) is 4.74 Å². The van der Waals surface area contributed by atoms with Gasteiger partial charge >= 0.3 is 0 Å². The number of rotatable bonds is 10. The maximum absolute atomic E-state index is 5.23. The molecule has 0 spiro atoms. The summed E-state index contributed by atoms with van der Waals surface area (Å²) in [6.07, 6.45) is 7.54. The second kappa shape index (κ2) is 8.93. The zero-order valence-electron chi connectivity index (χ0n) is 13.5. The molecule has 0 aromatic heterocycles. The standard InChI is InChI=1S/C16H34N2O/c1-5-11-17-15(10-9-14-19-4)16(3,6-2)18-12-7-8-13-18/h15,17H,5-14H2,1-4H3. The van der Waals surface area contributed by atoms with Crippen LogP contribution in [0.15, 0.2) is 0 Å². The molecular formula is C16H34N2O. The van der Waals surface area contributed by atoms with Crippen LogP contribution in [-0.4, -0.2) is 49.8 Å². The molecule has 3 nitrogen and oxygen atoms in total. The first-order valence-electron chi connectivity index (χ1n) is 8.16. The Morgan fingerprint density at radius 1 is 1.26 bits per heavy atom. The molecule has 0 bridgehead atoms. The van der Waals surface area contributed by atoms with Gasteiger partial charge in [0.15, 0.2) is 0 Å². The minimum Gasteiger partial charge on any atom is -0.385 e. The number of nitrogens with one attached hydrogen (secondary N) is 1. The summed E-state index contributed by atoms with van der Waals surface area (Å²) >= 11 is 0. The van der Waals surface area contributed by atoms with Crippen LogP contribution in [0.5, 0.6) is 0 Å². The fourth-order valence-electron chi connectivity index (χ4n) is 3.30. The molecule has 0 radical (unpaired) electrons. The van der Waals surface area contributed by atoms with E-state index in [2.05, 4.69) is 31.0 Å². The Balaban J connectivity index is 2.65. The van der Waals surface area contributed by atoms with E-state index < -0.39 is 0 Å². The first-order chi connectivity index (χ1) is 9.19. The summed E-state index contributed by atoms with van der Waals surface area (Å²) in [6.45, 7) is 11.6. The Bertz CT molecular complexity index is 229. The maximum atomic E-state index is 5.23. The van der Waals surface area contributed by atoms with E-state index in [1.807, 2.05) is 0 Å². The lowest BCUT2D eigenvalue weighted by Gasteiger charge is -2.45. The molecule has 1 fully saturated rings. The van der Waals surface area contributed by atoms with E-state index in [0.29, 0.717) is 11.6 Å². The van der Waals surface area contributed by atoms with Gasteiger partial charge in [-0.2, -0.15) is 0 Å². The van der Waals surface area contributed by atoms with Crippen LogP contribution >= 0.6 is 0 Å². The fourth-order valence-corrected chi connectivity index (χ4v) is 3.30. The average molecular weight is 270 g/mol. The van der Waals surface area contributed by atoms with Gasteiger partial charge in [-0.1, -0.05) is 13.8 Å². The Kier molecular flexibility index (Phi) is 7.96. The van der Waals surface area contributed by atoms with E-state index >= 15 is 0 Å². The molecule has 1 aliphatic rings. The second-order valence-corrected chi connectivity index (χ2v) is 6.05. The van der Waals surface area contributed by atoms with Gasteiger partial charge < -0.3 is 10.1 Å². The van der Waals surface area contributed by atoms with Crippen LogP contribution in [0, 0.1) is 0 Å². The Hall–Kier alpha value is -0.120. The third kappa shape index (κ3) is 4.73. The van der Waals surface area contributed by atoms with E-state index in [1.165, 1.54) is 45.2 Å². The molecule has 1 rings (SSSR count). The molecule has 0 aliphatic carbocycles. The molecule has 0 aromatic rings. The third-order valence-corrected chi connectivity index (χ3v) is 4.78. The number of likely N-dealkylation sites (tertiary alicyclic amines) is 1. The SMILES string of the molecule is CCCNC(CCCOC)C(C)(CC)N1CCCC1. The highest BCUT2D eigenvalue weighted by Gasteiger charge is 2.38. The number of ether oxygens (including phenoxy) is 1. The zero-order chi connectivity index (χ0) is 14.1. The van der Waals surface area contributed by atoms with Crippen LogP contribution in [0.25, 0.3) is 0 Å². The Labute approximate surface area is 120 Å². The molecule has 19 heavy (non-hydrogen) atoms. The van der Waals surface area contributed by atoms with Crippen LogP contribution in [0.1, 0.15) is 59.3 Å². The predicted molar refractivity (Wildman–Crippen MR) is 82.7 cm³/mol. The van der Waals surface area contributed by atoms with Crippen molar-refractivity contribution in [3.05, 3.63) is 0 Å². The molecule has 0 aromatic carbocycles. The third-order valence-electron chi connectivity index (χ3n) is 4.78. The van der Waals surface area contributed by atoms with Gasteiger partial charge in [0, 0.05) is 25.3 Å². The lowest BCUT2D eigenvalue weighted by atomic mass is 9.84. The molecule has 0 saturated carbocycles. The average Bonchev–Trinajstić information content (AvgIpc) is 2.96. The molecule has 114 valence electrons. The van der Waals surface area contributed by atoms with Crippen LogP contribution in [0.2, 0.25) is 0 Å². The van der Waals surface area contributed by atoms with Gasteiger partial charge in [-0.05, 0) is 65.1 Å². The predicted octanol–water partition coefficient (Wildman–Crippen LogP) is 3.05. The smallest absolute Gasteiger partial charge is 0.0462 e. The van der Waals surface area contributed by atoms with Crippen molar-refractivity contribution < 1.29 is 4.74 Å². The van der Waals surface area contributed by atoms with Crippen molar-refractivity contribution in [3.63, 3.8) is 0 Å². The summed E-state index contributed by atoms with van der Waals surface area (Å²) in [4.78, 5) is 2.72. The molecule has 1 N–H and O–H groups in total. The molecular weight excluding hydrogens is 236 g/mol. The Morgan fingerprint density at radius 2 is 1.95 bits per heavy atom. The van der Waals surface area contributed by atoms with Gasteiger partial charge in [-0.25, -0.2) is 0 Å². The van der Waals surface area contributed by atoms with Gasteiger partial charge in [0.1, 0.15) is 0 Å². The highest BCUT2D eigenvalue weighted by molar-refractivity contribution is 4.97. The highest BCUT2D eigenvalue weighted by atomic mass is 16.5. The van der Waals surface area contributed by atoms with Crippen molar-refractivity contribution in [3.8, 4) is 0 Å². The summed E-state index contributed by atoms with van der Waals surface area (Å²) in [5.41, 5.74) is 0.305. The largest absolute Gasteiger partial charge is 0.385 e. The number of hydrogen-bond donors (Lipinski definition) is 1. The van der Waals surface area contributed by atoms with Crippen molar-refractivity contribution >= 4 is 0 Å². The molecule has 0 amide bonds. The minimum absolute atomic E-state index is 0.305. The van der Waals surface area contributed by atoms with E-state index in [1.54, 1.807) is 7.11 Å². The van der Waals surface area contributed by atoms with E-state index in [0.717, 1.165) is 19.6 Å². The second-order valence-electron chi connectivity index (χ2n) is 6.05. The summed E-state index contributed by atoms with van der Waals surface area (Å²) in [5.74, 6) is 0. The van der Waals surface area contributed by atoms with Crippen LogP contribution in [0.4, 0.5) is 0 Å². The first kappa shape index (κ1) is 16.9. The summed E-state index contributed by atoms with van der Waals surface area (Å²) < 4.78 is 5.23.